The molecular formula is C14H14N2O3. The van der Waals surface area contributed by atoms with Gasteiger partial charge in [-0.05, 0) is 24.6 Å². The summed E-state index contributed by atoms with van der Waals surface area (Å²) < 4.78 is 5.52. The van der Waals surface area contributed by atoms with Crippen LogP contribution in [0.15, 0.2) is 42.5 Å². The average molecular weight is 258 g/mol. The Balaban J connectivity index is 2.09. The zero-order valence-electron chi connectivity index (χ0n) is 10.5. The second-order valence-corrected chi connectivity index (χ2v) is 4.25. The zero-order chi connectivity index (χ0) is 13.8. The van der Waals surface area contributed by atoms with Gasteiger partial charge >= 0.3 is 0 Å². The Morgan fingerprint density at radius 1 is 1.21 bits per heavy atom. The van der Waals surface area contributed by atoms with Gasteiger partial charge in [-0.1, -0.05) is 29.8 Å². The molecule has 2 N–H and O–H groups in total. The first-order chi connectivity index (χ1) is 9.06. The Hall–Kier alpha value is -2.56. The lowest BCUT2D eigenvalue weighted by Crippen LogP contribution is -1.99. The number of benzene rings is 2. The molecule has 0 heterocycles. The number of nitro groups is 1. The highest BCUT2D eigenvalue weighted by atomic mass is 16.6. The number of hydrogen-bond acceptors (Lipinski definition) is 4. The lowest BCUT2D eigenvalue weighted by Gasteiger charge is -2.07. The summed E-state index contributed by atoms with van der Waals surface area (Å²) in [5, 5.41) is 10.8. The highest BCUT2D eigenvalue weighted by Gasteiger charge is 2.12. The molecule has 2 aromatic carbocycles. The van der Waals surface area contributed by atoms with Gasteiger partial charge < -0.3 is 10.5 Å². The van der Waals surface area contributed by atoms with Crippen LogP contribution >= 0.6 is 0 Å². The molecule has 0 aromatic heterocycles. The van der Waals surface area contributed by atoms with Gasteiger partial charge in [-0.3, -0.25) is 10.1 Å². The smallest absolute Gasteiger partial charge is 0.295 e. The van der Waals surface area contributed by atoms with Crippen LogP contribution in [0.25, 0.3) is 0 Å². The molecule has 0 atom stereocenters. The van der Waals surface area contributed by atoms with Gasteiger partial charge in [-0.15, -0.1) is 0 Å². The van der Waals surface area contributed by atoms with Crippen LogP contribution in [0.1, 0.15) is 11.1 Å². The Labute approximate surface area is 110 Å². The van der Waals surface area contributed by atoms with Crippen LogP contribution in [0.2, 0.25) is 0 Å². The van der Waals surface area contributed by atoms with Crippen molar-refractivity contribution in [1.29, 1.82) is 0 Å². The molecule has 0 saturated heterocycles. The molecule has 0 fully saturated rings. The summed E-state index contributed by atoms with van der Waals surface area (Å²) in [6.07, 6.45) is 0. The maximum absolute atomic E-state index is 10.8. The SMILES string of the molecule is Cc1ccc(COc2ccc(N)c([N+](=O)[O-])c2)cc1. The van der Waals surface area contributed by atoms with Gasteiger partial charge in [0.05, 0.1) is 11.0 Å². The maximum atomic E-state index is 10.8. The highest BCUT2D eigenvalue weighted by Crippen LogP contribution is 2.26. The first-order valence-electron chi connectivity index (χ1n) is 5.78. The summed E-state index contributed by atoms with van der Waals surface area (Å²) in [5.74, 6) is 0.432. The van der Waals surface area contributed by atoms with Crippen molar-refractivity contribution >= 4 is 11.4 Å². The Bertz CT molecular complexity index is 594. The molecule has 0 bridgehead atoms. The van der Waals surface area contributed by atoms with E-state index in [1.54, 1.807) is 6.07 Å². The molecule has 0 spiro atoms. The normalized spacial score (nSPS) is 10.2. The standard InChI is InChI=1S/C14H14N2O3/c1-10-2-4-11(5-3-10)9-19-12-6-7-13(15)14(8-12)16(17)18/h2-8H,9,15H2,1H3. The number of ether oxygens (including phenoxy) is 1. The number of hydrogen-bond donors (Lipinski definition) is 1. The van der Waals surface area contributed by atoms with E-state index in [1.165, 1.54) is 17.7 Å². The van der Waals surface area contributed by atoms with Crippen LogP contribution in [-0.2, 0) is 6.61 Å². The van der Waals surface area contributed by atoms with Crippen molar-refractivity contribution in [3.63, 3.8) is 0 Å². The minimum absolute atomic E-state index is 0.132. The molecule has 0 unspecified atom stereocenters. The van der Waals surface area contributed by atoms with E-state index in [9.17, 15) is 10.1 Å². The van der Waals surface area contributed by atoms with Crippen molar-refractivity contribution in [1.82, 2.24) is 0 Å². The summed E-state index contributed by atoms with van der Waals surface area (Å²) in [5.41, 5.74) is 7.69. The molecule has 2 aromatic rings. The fourth-order valence-electron chi connectivity index (χ4n) is 1.62. The second-order valence-electron chi connectivity index (χ2n) is 4.25. The van der Waals surface area contributed by atoms with Crippen LogP contribution in [-0.4, -0.2) is 4.92 Å². The van der Waals surface area contributed by atoms with Crippen LogP contribution in [0, 0.1) is 17.0 Å². The zero-order valence-corrected chi connectivity index (χ0v) is 10.5. The summed E-state index contributed by atoms with van der Waals surface area (Å²) in [7, 11) is 0. The van der Waals surface area contributed by atoms with E-state index < -0.39 is 4.92 Å². The van der Waals surface area contributed by atoms with Crippen molar-refractivity contribution < 1.29 is 9.66 Å². The third-order valence-electron chi connectivity index (χ3n) is 2.72. The molecule has 98 valence electrons. The lowest BCUT2D eigenvalue weighted by molar-refractivity contribution is -0.384. The summed E-state index contributed by atoms with van der Waals surface area (Å²) in [6.45, 7) is 2.37. The number of rotatable bonds is 4. The molecule has 0 amide bonds. The van der Waals surface area contributed by atoms with Crippen LogP contribution in [0.4, 0.5) is 11.4 Å². The van der Waals surface area contributed by atoms with Gasteiger partial charge in [0.1, 0.15) is 18.0 Å². The van der Waals surface area contributed by atoms with Gasteiger partial charge in [0.2, 0.25) is 0 Å². The van der Waals surface area contributed by atoms with E-state index in [4.69, 9.17) is 10.5 Å². The number of nitrogens with zero attached hydrogens (tertiary/aromatic N) is 1. The average Bonchev–Trinajstić information content (AvgIpc) is 2.39. The lowest BCUT2D eigenvalue weighted by atomic mass is 10.2. The van der Waals surface area contributed by atoms with Crippen molar-refractivity contribution in [2.75, 3.05) is 5.73 Å². The summed E-state index contributed by atoms with van der Waals surface area (Å²) >= 11 is 0. The Morgan fingerprint density at radius 3 is 2.53 bits per heavy atom. The number of nitrogen functional groups attached to an aromatic ring is 1. The third-order valence-corrected chi connectivity index (χ3v) is 2.72. The van der Waals surface area contributed by atoms with Gasteiger partial charge in [-0.25, -0.2) is 0 Å². The Kier molecular flexibility index (Phi) is 3.66. The van der Waals surface area contributed by atoms with E-state index in [2.05, 4.69) is 0 Å². The summed E-state index contributed by atoms with van der Waals surface area (Å²) in [6, 6.07) is 12.3. The third kappa shape index (κ3) is 3.22. The molecule has 0 radical (unpaired) electrons. The molecular weight excluding hydrogens is 244 g/mol. The summed E-state index contributed by atoms with van der Waals surface area (Å²) in [4.78, 5) is 10.2. The van der Waals surface area contributed by atoms with Crippen molar-refractivity contribution in [3.8, 4) is 5.75 Å². The highest BCUT2D eigenvalue weighted by molar-refractivity contribution is 5.60. The van der Waals surface area contributed by atoms with Gasteiger partial charge in [0.15, 0.2) is 0 Å². The van der Waals surface area contributed by atoms with E-state index >= 15 is 0 Å². The largest absolute Gasteiger partial charge is 0.489 e. The molecule has 0 saturated carbocycles. The minimum Gasteiger partial charge on any atom is -0.489 e. The molecule has 0 aliphatic rings. The number of anilines is 1. The topological polar surface area (TPSA) is 78.4 Å². The van der Waals surface area contributed by atoms with Crippen LogP contribution < -0.4 is 10.5 Å². The predicted octanol–water partition coefficient (Wildman–Crippen LogP) is 3.06. The van der Waals surface area contributed by atoms with Gasteiger partial charge in [0, 0.05) is 0 Å². The van der Waals surface area contributed by atoms with E-state index in [-0.39, 0.29) is 11.4 Å². The number of aryl methyl sites for hydroxylation is 1. The molecule has 5 heteroatoms. The monoisotopic (exact) mass is 258 g/mol. The van der Waals surface area contributed by atoms with E-state index in [0.717, 1.165) is 5.56 Å². The van der Waals surface area contributed by atoms with Crippen molar-refractivity contribution in [2.45, 2.75) is 13.5 Å². The first kappa shape index (κ1) is 12.9. The predicted molar refractivity (Wildman–Crippen MR) is 73.0 cm³/mol. The first-order valence-corrected chi connectivity index (χ1v) is 5.78. The fraction of sp³-hybridized carbons (Fsp3) is 0.143. The van der Waals surface area contributed by atoms with Crippen LogP contribution in [0.5, 0.6) is 5.75 Å². The maximum Gasteiger partial charge on any atom is 0.295 e. The fourth-order valence-corrected chi connectivity index (χ4v) is 1.62. The molecule has 5 nitrogen and oxygen atoms in total. The number of nitrogens with two attached hydrogens (primary N) is 1. The molecule has 19 heavy (non-hydrogen) atoms. The van der Waals surface area contributed by atoms with Crippen molar-refractivity contribution in [3.05, 3.63) is 63.7 Å². The van der Waals surface area contributed by atoms with Crippen molar-refractivity contribution in [2.24, 2.45) is 0 Å². The van der Waals surface area contributed by atoms with Crippen LogP contribution in [0.3, 0.4) is 0 Å². The minimum atomic E-state index is -0.520. The Morgan fingerprint density at radius 2 is 1.89 bits per heavy atom. The van der Waals surface area contributed by atoms with Gasteiger partial charge in [0.25, 0.3) is 5.69 Å². The number of nitro benzene ring substituents is 1. The van der Waals surface area contributed by atoms with Gasteiger partial charge in [-0.2, -0.15) is 0 Å². The quantitative estimate of drug-likeness (QED) is 0.519. The van der Waals surface area contributed by atoms with E-state index in [0.29, 0.717) is 12.4 Å². The second kappa shape index (κ2) is 5.39. The molecule has 0 aliphatic heterocycles. The van der Waals surface area contributed by atoms with E-state index in [1.807, 2.05) is 31.2 Å². The molecule has 2 rings (SSSR count). The molecule has 0 aliphatic carbocycles.